The van der Waals surface area contributed by atoms with Crippen molar-refractivity contribution in [2.24, 2.45) is 0 Å². The lowest BCUT2D eigenvalue weighted by Gasteiger charge is -2.14. The highest BCUT2D eigenvalue weighted by atomic mass is 15.1. The first-order valence-corrected chi connectivity index (χ1v) is 8.04. The second kappa shape index (κ2) is 6.71. The van der Waals surface area contributed by atoms with Crippen molar-refractivity contribution in [1.82, 2.24) is 9.97 Å². The smallest absolute Gasteiger partial charge is 0.229 e. The van der Waals surface area contributed by atoms with E-state index in [2.05, 4.69) is 71.7 Å². The summed E-state index contributed by atoms with van der Waals surface area (Å²) >= 11 is 0. The van der Waals surface area contributed by atoms with Gasteiger partial charge in [0.1, 0.15) is 5.82 Å². The van der Waals surface area contributed by atoms with Gasteiger partial charge < -0.3 is 10.6 Å². The molecule has 0 bridgehead atoms. The van der Waals surface area contributed by atoms with E-state index in [1.54, 1.807) is 0 Å². The summed E-state index contributed by atoms with van der Waals surface area (Å²) in [5.74, 6) is 1.38. The van der Waals surface area contributed by atoms with Gasteiger partial charge in [0.25, 0.3) is 0 Å². The number of benzene rings is 2. The van der Waals surface area contributed by atoms with Gasteiger partial charge in [-0.1, -0.05) is 30.3 Å². The summed E-state index contributed by atoms with van der Waals surface area (Å²) in [5.41, 5.74) is 6.57. The monoisotopic (exact) mass is 318 g/mol. The van der Waals surface area contributed by atoms with E-state index in [-0.39, 0.29) is 0 Å². The quantitative estimate of drug-likeness (QED) is 0.694. The van der Waals surface area contributed by atoms with Gasteiger partial charge in [-0.15, -0.1) is 0 Å². The van der Waals surface area contributed by atoms with Gasteiger partial charge in [-0.2, -0.15) is 4.98 Å². The summed E-state index contributed by atoms with van der Waals surface area (Å²) in [6, 6.07) is 16.4. The van der Waals surface area contributed by atoms with Crippen molar-refractivity contribution in [3.8, 4) is 0 Å². The maximum atomic E-state index is 4.60. The standard InChI is InChI=1S/C20H22N4/c1-13-7-5-10-17(11-13)22-20-21-16(4)12-18(24-20)23-19-14(2)8-6-9-15(19)3/h5-12H,1-4H3,(H2,21,22,23,24). The highest BCUT2D eigenvalue weighted by Crippen LogP contribution is 2.24. The molecule has 0 aliphatic carbocycles. The summed E-state index contributed by atoms with van der Waals surface area (Å²) in [7, 11) is 0. The molecule has 24 heavy (non-hydrogen) atoms. The molecule has 4 heteroatoms. The van der Waals surface area contributed by atoms with E-state index >= 15 is 0 Å². The van der Waals surface area contributed by atoms with Crippen LogP contribution in [0, 0.1) is 27.7 Å². The van der Waals surface area contributed by atoms with Crippen LogP contribution < -0.4 is 10.6 Å². The molecule has 0 unspecified atom stereocenters. The van der Waals surface area contributed by atoms with E-state index in [9.17, 15) is 0 Å². The number of para-hydroxylation sites is 1. The van der Waals surface area contributed by atoms with Crippen LogP contribution >= 0.6 is 0 Å². The minimum atomic E-state index is 0.592. The molecule has 3 rings (SSSR count). The maximum absolute atomic E-state index is 4.60. The minimum absolute atomic E-state index is 0.592. The summed E-state index contributed by atoms with van der Waals surface area (Å²) in [6.45, 7) is 8.22. The first-order chi connectivity index (χ1) is 11.5. The van der Waals surface area contributed by atoms with E-state index < -0.39 is 0 Å². The Morgan fingerprint density at radius 3 is 2.17 bits per heavy atom. The molecule has 0 aliphatic heterocycles. The molecule has 4 nitrogen and oxygen atoms in total. The summed E-state index contributed by atoms with van der Waals surface area (Å²) in [4.78, 5) is 9.09. The molecule has 0 fully saturated rings. The third kappa shape index (κ3) is 3.71. The van der Waals surface area contributed by atoms with Gasteiger partial charge in [0.15, 0.2) is 0 Å². The van der Waals surface area contributed by atoms with Crippen molar-refractivity contribution in [3.05, 3.63) is 70.9 Å². The molecule has 0 amide bonds. The third-order valence-electron chi connectivity index (χ3n) is 3.86. The van der Waals surface area contributed by atoms with E-state index in [0.717, 1.165) is 22.9 Å². The average Bonchev–Trinajstić information content (AvgIpc) is 2.50. The molecule has 2 aromatic carbocycles. The molecule has 1 heterocycles. The molecule has 122 valence electrons. The van der Waals surface area contributed by atoms with Crippen molar-refractivity contribution in [2.75, 3.05) is 10.6 Å². The first kappa shape index (κ1) is 16.0. The Morgan fingerprint density at radius 1 is 0.750 bits per heavy atom. The number of rotatable bonds is 4. The fourth-order valence-corrected chi connectivity index (χ4v) is 2.68. The average molecular weight is 318 g/mol. The fraction of sp³-hybridized carbons (Fsp3) is 0.200. The second-order valence-corrected chi connectivity index (χ2v) is 6.10. The van der Waals surface area contributed by atoms with Crippen molar-refractivity contribution in [2.45, 2.75) is 27.7 Å². The predicted molar refractivity (Wildman–Crippen MR) is 100 cm³/mol. The van der Waals surface area contributed by atoms with Gasteiger partial charge in [-0.3, -0.25) is 0 Å². The van der Waals surface area contributed by atoms with Crippen LogP contribution in [0.4, 0.5) is 23.1 Å². The SMILES string of the molecule is Cc1cccc(Nc2nc(C)cc(Nc3c(C)cccc3C)n2)c1. The van der Waals surface area contributed by atoms with Gasteiger partial charge in [0.05, 0.1) is 0 Å². The molecule has 0 radical (unpaired) electrons. The Hall–Kier alpha value is -2.88. The largest absolute Gasteiger partial charge is 0.340 e. The van der Waals surface area contributed by atoms with Gasteiger partial charge in [0, 0.05) is 23.1 Å². The number of nitrogens with zero attached hydrogens (tertiary/aromatic N) is 2. The van der Waals surface area contributed by atoms with E-state index in [0.29, 0.717) is 5.95 Å². The van der Waals surface area contributed by atoms with Gasteiger partial charge in [-0.25, -0.2) is 4.98 Å². The second-order valence-electron chi connectivity index (χ2n) is 6.10. The zero-order valence-corrected chi connectivity index (χ0v) is 14.5. The van der Waals surface area contributed by atoms with Crippen molar-refractivity contribution >= 4 is 23.1 Å². The first-order valence-electron chi connectivity index (χ1n) is 8.04. The summed E-state index contributed by atoms with van der Waals surface area (Å²) < 4.78 is 0. The molecule has 0 atom stereocenters. The van der Waals surface area contributed by atoms with Crippen molar-refractivity contribution in [1.29, 1.82) is 0 Å². The van der Waals surface area contributed by atoms with Crippen LogP contribution in [0.15, 0.2) is 48.5 Å². The molecule has 3 aromatic rings. The third-order valence-corrected chi connectivity index (χ3v) is 3.86. The zero-order chi connectivity index (χ0) is 17.1. The van der Waals surface area contributed by atoms with Crippen LogP contribution in [-0.2, 0) is 0 Å². The normalized spacial score (nSPS) is 10.5. The molecule has 0 saturated heterocycles. The van der Waals surface area contributed by atoms with Gasteiger partial charge >= 0.3 is 0 Å². The van der Waals surface area contributed by atoms with E-state index in [4.69, 9.17) is 0 Å². The molecular weight excluding hydrogens is 296 g/mol. The zero-order valence-electron chi connectivity index (χ0n) is 14.5. The van der Waals surface area contributed by atoms with Crippen molar-refractivity contribution in [3.63, 3.8) is 0 Å². The molecule has 0 aliphatic rings. The highest BCUT2D eigenvalue weighted by molar-refractivity contribution is 5.66. The summed E-state index contributed by atoms with van der Waals surface area (Å²) in [6.07, 6.45) is 0. The van der Waals surface area contributed by atoms with Crippen LogP contribution in [0.5, 0.6) is 0 Å². The number of hydrogen-bond acceptors (Lipinski definition) is 4. The Bertz CT molecular complexity index is 851. The van der Waals surface area contributed by atoms with Crippen molar-refractivity contribution < 1.29 is 0 Å². The van der Waals surface area contributed by atoms with Crippen LogP contribution in [-0.4, -0.2) is 9.97 Å². The molecule has 0 spiro atoms. The Kier molecular flexibility index (Phi) is 4.47. The van der Waals surface area contributed by atoms with Gasteiger partial charge in [-0.05, 0) is 56.5 Å². The van der Waals surface area contributed by atoms with Gasteiger partial charge in [0.2, 0.25) is 5.95 Å². The number of aryl methyl sites for hydroxylation is 4. The molecule has 0 saturated carbocycles. The number of hydrogen-bond donors (Lipinski definition) is 2. The predicted octanol–water partition coefficient (Wildman–Crippen LogP) is 5.20. The van der Waals surface area contributed by atoms with E-state index in [1.807, 2.05) is 25.1 Å². The van der Waals surface area contributed by atoms with Crippen LogP contribution in [0.2, 0.25) is 0 Å². The number of nitrogens with one attached hydrogen (secondary N) is 2. The lowest BCUT2D eigenvalue weighted by molar-refractivity contribution is 1.10. The topological polar surface area (TPSA) is 49.8 Å². The Morgan fingerprint density at radius 2 is 1.46 bits per heavy atom. The van der Waals surface area contributed by atoms with Crippen LogP contribution in [0.3, 0.4) is 0 Å². The minimum Gasteiger partial charge on any atom is -0.340 e. The lowest BCUT2D eigenvalue weighted by Crippen LogP contribution is -2.04. The van der Waals surface area contributed by atoms with Crippen LogP contribution in [0.25, 0.3) is 0 Å². The number of anilines is 4. The fourth-order valence-electron chi connectivity index (χ4n) is 2.68. The van der Waals surface area contributed by atoms with E-state index in [1.165, 1.54) is 16.7 Å². The molecular formula is C20H22N4. The Balaban J connectivity index is 1.89. The van der Waals surface area contributed by atoms with Crippen LogP contribution in [0.1, 0.15) is 22.4 Å². The summed E-state index contributed by atoms with van der Waals surface area (Å²) in [5, 5.41) is 6.71. The molecule has 2 N–H and O–H groups in total. The number of aromatic nitrogens is 2. The Labute approximate surface area is 143 Å². The highest BCUT2D eigenvalue weighted by Gasteiger charge is 2.07. The molecule has 1 aromatic heterocycles. The maximum Gasteiger partial charge on any atom is 0.229 e. The lowest BCUT2D eigenvalue weighted by atomic mass is 10.1.